The summed E-state index contributed by atoms with van der Waals surface area (Å²) < 4.78 is 22.2. The second-order valence-electron chi connectivity index (χ2n) is 15.7. The van der Waals surface area contributed by atoms with E-state index in [-0.39, 0.29) is 54.3 Å². The van der Waals surface area contributed by atoms with Crippen molar-refractivity contribution >= 4 is 35.7 Å². The van der Waals surface area contributed by atoms with Gasteiger partial charge in [0.25, 0.3) is 0 Å². The number of hydrogen-bond acceptors (Lipinski definition) is 9. The van der Waals surface area contributed by atoms with Crippen molar-refractivity contribution in [3.05, 3.63) is 112 Å². The first-order chi connectivity index (χ1) is 29.1. The fourth-order valence-electron chi connectivity index (χ4n) is 7.69. The van der Waals surface area contributed by atoms with Gasteiger partial charge in [-0.15, -0.1) is 0 Å². The van der Waals surface area contributed by atoms with E-state index in [0.29, 0.717) is 23.6 Å². The third-order valence-electron chi connectivity index (χ3n) is 11.4. The van der Waals surface area contributed by atoms with Gasteiger partial charge in [0.1, 0.15) is 24.5 Å². The van der Waals surface area contributed by atoms with Crippen LogP contribution in [0.1, 0.15) is 76.0 Å². The standard InChI is InChI=1S/C27H37ClN2O5.C19H19NO4.CH4O/c1-17(14-19-10-11-21(28)23(15-19)33-5)8-6-7-9-20-16-22(34-26(32)30-20)18(2)25-27(3,35-25)13-12-24(31)29-4;1-12(18(21)22)20(2)19(23)24-11-17-15-9-5-3-7-13(15)14-8-4-6-10-16(14)17;1-2/h6-8,10-11,15,18,20,22,25H,9,12-14,16H2,1-5H3,(H,29,31)(H,30,32);3-10,12,17H,11H2,1-2H3,(H,21,22);2H,1H3/b7-6+,17-8+;;/t18-,20?,22?,25?,27?;;/m1../s1. The van der Waals surface area contributed by atoms with E-state index in [1.165, 1.54) is 19.5 Å². The minimum absolute atomic E-state index is 0.00468. The number of carbonyl (C=O) groups excluding carboxylic acids is 3. The van der Waals surface area contributed by atoms with Crippen molar-refractivity contribution in [2.75, 3.05) is 34.9 Å². The van der Waals surface area contributed by atoms with Gasteiger partial charge in [-0.3, -0.25) is 9.69 Å². The van der Waals surface area contributed by atoms with E-state index in [4.69, 9.17) is 40.8 Å². The first-order valence-electron chi connectivity index (χ1n) is 20.4. The number of halogens is 1. The molecule has 14 heteroatoms. The highest BCUT2D eigenvalue weighted by atomic mass is 35.5. The molecule has 6 atom stereocenters. The van der Waals surface area contributed by atoms with Gasteiger partial charge in [0.15, 0.2) is 0 Å². The van der Waals surface area contributed by atoms with Crippen molar-refractivity contribution in [1.29, 1.82) is 0 Å². The average Bonchev–Trinajstić information content (AvgIpc) is 3.84. The molecule has 0 radical (unpaired) electrons. The molecule has 2 fully saturated rings. The molecule has 4 N–H and O–H groups in total. The number of allylic oxidation sites excluding steroid dienone is 3. The number of amides is 3. The summed E-state index contributed by atoms with van der Waals surface area (Å²) in [6, 6.07) is 21.0. The molecule has 0 saturated carbocycles. The number of methoxy groups -OCH3 is 1. The number of epoxide rings is 1. The fraction of sp³-hybridized carbons (Fsp3) is 0.447. The zero-order valence-electron chi connectivity index (χ0n) is 36.3. The maximum atomic E-state index is 12.2. The maximum Gasteiger partial charge on any atom is 0.410 e. The summed E-state index contributed by atoms with van der Waals surface area (Å²) in [6.07, 6.45) is 8.25. The zero-order valence-corrected chi connectivity index (χ0v) is 37.0. The Labute approximate surface area is 364 Å². The summed E-state index contributed by atoms with van der Waals surface area (Å²) in [5.41, 5.74) is 6.56. The van der Waals surface area contributed by atoms with Crippen LogP contribution in [-0.4, -0.2) is 104 Å². The quantitative estimate of drug-likeness (QED) is 0.0868. The highest BCUT2D eigenvalue weighted by Crippen LogP contribution is 2.47. The Balaban J connectivity index is 0.000000274. The number of aliphatic carboxylic acids is 1. The van der Waals surface area contributed by atoms with Crippen LogP contribution in [0.3, 0.4) is 0 Å². The number of hydrogen-bond donors (Lipinski definition) is 4. The Hall–Kier alpha value is -5.37. The van der Waals surface area contributed by atoms with Crippen molar-refractivity contribution in [2.24, 2.45) is 5.92 Å². The molecule has 13 nitrogen and oxygen atoms in total. The summed E-state index contributed by atoms with van der Waals surface area (Å²) in [6.45, 7) is 7.79. The first-order valence-corrected chi connectivity index (χ1v) is 20.8. The second-order valence-corrected chi connectivity index (χ2v) is 16.1. The van der Waals surface area contributed by atoms with Crippen molar-refractivity contribution in [3.63, 3.8) is 0 Å². The number of carboxylic acids is 1. The molecule has 1 aliphatic carbocycles. The zero-order chi connectivity index (χ0) is 44.9. The smallest absolute Gasteiger partial charge is 0.410 e. The Bertz CT molecular complexity index is 2010. The molecule has 0 aromatic heterocycles. The van der Waals surface area contributed by atoms with E-state index < -0.39 is 18.1 Å². The normalized spacial score (nSPS) is 21.1. The summed E-state index contributed by atoms with van der Waals surface area (Å²) in [4.78, 5) is 48.0. The van der Waals surface area contributed by atoms with E-state index >= 15 is 0 Å². The van der Waals surface area contributed by atoms with Crippen molar-refractivity contribution < 1.29 is 48.3 Å². The number of likely N-dealkylation sites (N-methyl/N-ethyl adjacent to an activating group) is 1. The SMILES string of the molecule is CC(C(=O)O)N(C)C(=O)OCC1c2ccccc2-c2ccccc21.CNC(=O)CCC1(C)OC1[C@H](C)C1CC(C/C=C/C=C(\C)Cc2ccc(Cl)c(OC)c2)NC(=O)O1.CO. The minimum Gasteiger partial charge on any atom is -0.495 e. The van der Waals surface area contributed by atoms with Gasteiger partial charge >= 0.3 is 18.2 Å². The molecule has 2 heterocycles. The topological polar surface area (TPSA) is 176 Å². The molecule has 0 spiro atoms. The van der Waals surface area contributed by atoms with E-state index in [2.05, 4.69) is 48.8 Å². The van der Waals surface area contributed by atoms with Crippen LogP contribution in [-0.2, 0) is 30.2 Å². The van der Waals surface area contributed by atoms with Gasteiger partial charge < -0.3 is 39.8 Å². The molecule has 3 aromatic carbocycles. The van der Waals surface area contributed by atoms with Gasteiger partial charge in [0.2, 0.25) is 5.91 Å². The summed E-state index contributed by atoms with van der Waals surface area (Å²) in [5.74, 6) is -0.359. The van der Waals surface area contributed by atoms with E-state index in [1.807, 2.05) is 67.6 Å². The lowest BCUT2D eigenvalue weighted by Crippen LogP contribution is -2.48. The van der Waals surface area contributed by atoms with Crippen LogP contribution in [0.2, 0.25) is 5.02 Å². The predicted octanol–water partition coefficient (Wildman–Crippen LogP) is 7.92. The van der Waals surface area contributed by atoms with Crippen LogP contribution in [0, 0.1) is 5.92 Å². The first kappa shape index (κ1) is 48.3. The number of benzene rings is 3. The van der Waals surface area contributed by atoms with Crippen LogP contribution in [0.5, 0.6) is 5.75 Å². The van der Waals surface area contributed by atoms with Crippen molar-refractivity contribution in [1.82, 2.24) is 15.5 Å². The monoisotopic (exact) mass is 861 g/mol. The largest absolute Gasteiger partial charge is 0.495 e. The third kappa shape index (κ3) is 12.8. The molecule has 2 aliphatic heterocycles. The highest BCUT2D eigenvalue weighted by molar-refractivity contribution is 6.32. The number of rotatable bonds is 15. The molecule has 0 bridgehead atoms. The molecule has 3 aromatic rings. The number of aliphatic hydroxyl groups is 1. The van der Waals surface area contributed by atoms with E-state index in [1.54, 1.807) is 14.2 Å². The Morgan fingerprint density at radius 1 is 1.07 bits per heavy atom. The molecule has 330 valence electrons. The van der Waals surface area contributed by atoms with E-state index in [0.717, 1.165) is 59.1 Å². The second kappa shape index (κ2) is 22.5. The lowest BCUT2D eigenvalue weighted by Gasteiger charge is -2.33. The van der Waals surface area contributed by atoms with Crippen LogP contribution in [0.25, 0.3) is 11.1 Å². The number of aliphatic hydroxyl groups excluding tert-OH is 1. The third-order valence-corrected chi connectivity index (χ3v) is 11.7. The molecule has 61 heavy (non-hydrogen) atoms. The van der Waals surface area contributed by atoms with Crippen molar-refractivity contribution in [2.45, 2.75) is 95.6 Å². The van der Waals surface area contributed by atoms with Gasteiger partial charge in [0.05, 0.1) is 23.8 Å². The maximum absolute atomic E-state index is 12.2. The molecule has 3 amide bonds. The van der Waals surface area contributed by atoms with Gasteiger partial charge in [-0.05, 0) is 80.0 Å². The summed E-state index contributed by atoms with van der Waals surface area (Å²) >= 11 is 6.10. The van der Waals surface area contributed by atoms with Crippen LogP contribution >= 0.6 is 11.6 Å². The average molecular weight is 862 g/mol. The summed E-state index contributed by atoms with van der Waals surface area (Å²) in [5, 5.41) is 22.2. The van der Waals surface area contributed by atoms with Gasteiger partial charge in [0, 0.05) is 51.9 Å². The van der Waals surface area contributed by atoms with E-state index in [9.17, 15) is 19.2 Å². The molecule has 2 saturated heterocycles. The number of carboxylic acid groups (broad SMARTS) is 1. The number of cyclic esters (lactones) is 1. The number of nitrogens with one attached hydrogen (secondary N) is 2. The molecule has 6 rings (SSSR count). The minimum atomic E-state index is -1.06. The molecular weight excluding hydrogens is 802 g/mol. The Morgan fingerprint density at radius 3 is 2.31 bits per heavy atom. The van der Waals surface area contributed by atoms with Crippen LogP contribution in [0.4, 0.5) is 9.59 Å². The Morgan fingerprint density at radius 2 is 1.70 bits per heavy atom. The highest BCUT2D eigenvalue weighted by Gasteiger charge is 2.57. The fourth-order valence-corrected chi connectivity index (χ4v) is 7.89. The van der Waals surface area contributed by atoms with Crippen LogP contribution < -0.4 is 15.4 Å². The lowest BCUT2D eigenvalue weighted by atomic mass is 9.86. The molecule has 5 unspecified atom stereocenters. The van der Waals surface area contributed by atoms with Crippen molar-refractivity contribution in [3.8, 4) is 16.9 Å². The molecular formula is C47H60ClN3O10. The number of carbonyl (C=O) groups is 4. The number of alkyl carbamates (subject to hydrolysis) is 1. The van der Waals surface area contributed by atoms with Gasteiger partial charge in [-0.2, -0.15) is 0 Å². The number of nitrogens with zero attached hydrogens (tertiary/aromatic N) is 1. The summed E-state index contributed by atoms with van der Waals surface area (Å²) in [7, 11) is 5.67. The van der Waals surface area contributed by atoms with Crippen LogP contribution in [0.15, 0.2) is 90.5 Å². The predicted molar refractivity (Wildman–Crippen MR) is 235 cm³/mol. The molecule has 3 aliphatic rings. The lowest BCUT2D eigenvalue weighted by molar-refractivity contribution is -0.141. The van der Waals surface area contributed by atoms with Gasteiger partial charge in [-0.25, -0.2) is 14.4 Å². The van der Waals surface area contributed by atoms with Gasteiger partial charge in [-0.1, -0.05) is 96.9 Å². The number of fused-ring (bicyclic) bond motifs is 3. The number of ether oxygens (including phenoxy) is 4. The Kier molecular flexibility index (Phi) is 17.8.